The van der Waals surface area contributed by atoms with Crippen molar-refractivity contribution in [2.75, 3.05) is 0 Å². The summed E-state index contributed by atoms with van der Waals surface area (Å²) in [5.74, 6) is 2.48. The molecule has 4 aliphatic rings. The second-order valence-corrected chi connectivity index (χ2v) is 7.70. The third-order valence-corrected chi connectivity index (χ3v) is 7.09. The Morgan fingerprint density at radius 2 is 2.14 bits per heavy atom. The molecule has 0 heterocycles. The standard InChI is InChI=1S/C20H26O2/c1-2-20-11-10-16-15-9-7-14(21)12-13(15)6-8-17(16)18(20)4-3-5-19(20)22/h3-4,7,9,12,15-19,22H,2,5-6,8,10-11H2,1H3/t15-,16+,17+,18-,19-,20-/m0/s1. The molecule has 0 aromatic rings. The molecular formula is C20H26O2. The van der Waals surface area contributed by atoms with E-state index in [0.29, 0.717) is 23.7 Å². The fourth-order valence-electron chi connectivity index (χ4n) is 5.95. The van der Waals surface area contributed by atoms with E-state index in [0.717, 1.165) is 25.7 Å². The molecule has 0 bridgehead atoms. The lowest BCUT2D eigenvalue weighted by Gasteiger charge is -2.57. The summed E-state index contributed by atoms with van der Waals surface area (Å²) >= 11 is 0. The first-order valence-corrected chi connectivity index (χ1v) is 8.93. The molecule has 2 saturated carbocycles. The van der Waals surface area contributed by atoms with Crippen LogP contribution in [0.5, 0.6) is 0 Å². The fraction of sp³-hybridized carbons (Fsp3) is 0.650. The minimum absolute atomic E-state index is 0.103. The molecule has 118 valence electrons. The Hall–Kier alpha value is -1.15. The van der Waals surface area contributed by atoms with Gasteiger partial charge in [-0.15, -0.1) is 0 Å². The van der Waals surface area contributed by atoms with Crippen LogP contribution in [0.25, 0.3) is 0 Å². The van der Waals surface area contributed by atoms with Crippen molar-refractivity contribution >= 4 is 5.78 Å². The highest BCUT2D eigenvalue weighted by molar-refractivity contribution is 6.00. The SMILES string of the molecule is CC[C@]12CC[C@H]3[C@@H](CCC4=CC(=O)C=C[C@@H]43)[C@@H]1C=CC[C@@H]2O. The quantitative estimate of drug-likeness (QED) is 0.747. The van der Waals surface area contributed by atoms with Crippen molar-refractivity contribution in [1.82, 2.24) is 0 Å². The number of aliphatic hydroxyl groups excluding tert-OH is 1. The number of allylic oxidation sites excluding steroid dienone is 5. The van der Waals surface area contributed by atoms with E-state index in [-0.39, 0.29) is 17.3 Å². The molecule has 2 fully saturated rings. The minimum Gasteiger partial charge on any atom is -0.392 e. The number of carbonyl (C=O) groups is 1. The number of hydrogen-bond donors (Lipinski definition) is 1. The first kappa shape index (κ1) is 14.4. The van der Waals surface area contributed by atoms with E-state index in [1.807, 2.05) is 6.08 Å². The Morgan fingerprint density at radius 3 is 2.95 bits per heavy atom. The van der Waals surface area contributed by atoms with Crippen LogP contribution in [0.4, 0.5) is 0 Å². The van der Waals surface area contributed by atoms with Crippen LogP contribution in [0.15, 0.2) is 36.0 Å². The van der Waals surface area contributed by atoms with Gasteiger partial charge in [-0.1, -0.05) is 30.7 Å². The van der Waals surface area contributed by atoms with E-state index in [9.17, 15) is 9.90 Å². The molecule has 0 radical (unpaired) electrons. The van der Waals surface area contributed by atoms with E-state index >= 15 is 0 Å². The highest BCUT2D eigenvalue weighted by Gasteiger charge is 2.54. The van der Waals surface area contributed by atoms with Gasteiger partial charge in [-0.05, 0) is 68.4 Å². The van der Waals surface area contributed by atoms with E-state index in [4.69, 9.17) is 0 Å². The van der Waals surface area contributed by atoms with Crippen LogP contribution >= 0.6 is 0 Å². The number of ketones is 1. The van der Waals surface area contributed by atoms with Crippen LogP contribution in [0, 0.1) is 29.1 Å². The molecule has 4 aliphatic carbocycles. The Bertz CT molecular complexity index is 570. The Labute approximate surface area is 133 Å². The van der Waals surface area contributed by atoms with Crippen LogP contribution in [-0.2, 0) is 4.79 Å². The highest BCUT2D eigenvalue weighted by atomic mass is 16.3. The van der Waals surface area contributed by atoms with Gasteiger partial charge in [0.1, 0.15) is 0 Å². The maximum atomic E-state index is 11.6. The Morgan fingerprint density at radius 1 is 1.27 bits per heavy atom. The summed E-state index contributed by atoms with van der Waals surface area (Å²) in [6.45, 7) is 2.25. The van der Waals surface area contributed by atoms with Gasteiger partial charge in [-0.3, -0.25) is 4.79 Å². The third-order valence-electron chi connectivity index (χ3n) is 7.09. The van der Waals surface area contributed by atoms with Crippen LogP contribution in [0.1, 0.15) is 45.4 Å². The normalized spacial score (nSPS) is 46.5. The van der Waals surface area contributed by atoms with Crippen molar-refractivity contribution in [3.05, 3.63) is 36.0 Å². The summed E-state index contributed by atoms with van der Waals surface area (Å²) in [4.78, 5) is 11.6. The number of hydrogen-bond acceptors (Lipinski definition) is 2. The molecule has 2 nitrogen and oxygen atoms in total. The maximum absolute atomic E-state index is 11.6. The lowest BCUT2D eigenvalue weighted by molar-refractivity contribution is -0.111. The molecule has 0 unspecified atom stereocenters. The smallest absolute Gasteiger partial charge is 0.178 e. The van der Waals surface area contributed by atoms with Crippen molar-refractivity contribution in [2.24, 2.45) is 29.1 Å². The summed E-state index contributed by atoms with van der Waals surface area (Å²) in [7, 11) is 0. The van der Waals surface area contributed by atoms with E-state index in [1.165, 1.54) is 18.4 Å². The van der Waals surface area contributed by atoms with Crippen molar-refractivity contribution in [1.29, 1.82) is 0 Å². The maximum Gasteiger partial charge on any atom is 0.178 e. The zero-order valence-electron chi connectivity index (χ0n) is 13.4. The monoisotopic (exact) mass is 298 g/mol. The minimum atomic E-state index is -0.172. The van der Waals surface area contributed by atoms with E-state index in [2.05, 4.69) is 25.2 Å². The molecule has 0 spiro atoms. The second-order valence-electron chi connectivity index (χ2n) is 7.70. The molecular weight excluding hydrogens is 272 g/mol. The molecule has 2 heteroatoms. The average molecular weight is 298 g/mol. The number of rotatable bonds is 1. The van der Waals surface area contributed by atoms with Gasteiger partial charge in [0.15, 0.2) is 5.78 Å². The summed E-state index contributed by atoms with van der Waals surface area (Å²) in [6.07, 6.45) is 16.7. The molecule has 6 atom stereocenters. The zero-order chi connectivity index (χ0) is 15.3. The lowest BCUT2D eigenvalue weighted by Crippen LogP contribution is -2.52. The summed E-state index contributed by atoms with van der Waals surface area (Å²) in [6, 6.07) is 0. The largest absolute Gasteiger partial charge is 0.392 e. The summed E-state index contributed by atoms with van der Waals surface area (Å²) in [5, 5.41) is 10.7. The molecule has 4 rings (SSSR count). The second kappa shape index (κ2) is 5.19. The van der Waals surface area contributed by atoms with E-state index < -0.39 is 0 Å². The van der Waals surface area contributed by atoms with Gasteiger partial charge in [-0.25, -0.2) is 0 Å². The summed E-state index contributed by atoms with van der Waals surface area (Å²) < 4.78 is 0. The Balaban J connectivity index is 1.68. The average Bonchev–Trinajstić information content (AvgIpc) is 2.54. The van der Waals surface area contributed by atoms with Crippen LogP contribution in [-0.4, -0.2) is 17.0 Å². The number of aliphatic hydroxyl groups is 1. The summed E-state index contributed by atoms with van der Waals surface area (Å²) in [5.41, 5.74) is 1.46. The lowest BCUT2D eigenvalue weighted by atomic mass is 9.48. The zero-order valence-corrected chi connectivity index (χ0v) is 13.4. The molecule has 0 amide bonds. The fourth-order valence-corrected chi connectivity index (χ4v) is 5.95. The van der Waals surface area contributed by atoms with E-state index in [1.54, 1.807) is 6.08 Å². The first-order valence-electron chi connectivity index (χ1n) is 8.93. The van der Waals surface area contributed by atoms with Gasteiger partial charge in [0.25, 0.3) is 0 Å². The van der Waals surface area contributed by atoms with Gasteiger partial charge in [0.05, 0.1) is 6.10 Å². The van der Waals surface area contributed by atoms with Gasteiger partial charge < -0.3 is 5.11 Å². The molecule has 22 heavy (non-hydrogen) atoms. The van der Waals surface area contributed by atoms with Crippen molar-refractivity contribution in [2.45, 2.75) is 51.6 Å². The molecule has 1 N–H and O–H groups in total. The number of fused-ring (bicyclic) bond motifs is 5. The van der Waals surface area contributed by atoms with Gasteiger partial charge in [-0.2, -0.15) is 0 Å². The number of carbonyl (C=O) groups excluding carboxylic acids is 1. The van der Waals surface area contributed by atoms with Crippen molar-refractivity contribution in [3.63, 3.8) is 0 Å². The molecule has 0 aliphatic heterocycles. The molecule has 0 aromatic carbocycles. The van der Waals surface area contributed by atoms with Crippen LogP contribution in [0.3, 0.4) is 0 Å². The van der Waals surface area contributed by atoms with Gasteiger partial charge in [0.2, 0.25) is 0 Å². The van der Waals surface area contributed by atoms with Crippen molar-refractivity contribution < 1.29 is 9.90 Å². The molecule has 0 aromatic heterocycles. The topological polar surface area (TPSA) is 37.3 Å². The van der Waals surface area contributed by atoms with Crippen LogP contribution in [0.2, 0.25) is 0 Å². The van der Waals surface area contributed by atoms with Gasteiger partial charge in [0, 0.05) is 11.3 Å². The van der Waals surface area contributed by atoms with Crippen LogP contribution < -0.4 is 0 Å². The predicted molar refractivity (Wildman–Crippen MR) is 87.1 cm³/mol. The van der Waals surface area contributed by atoms with Gasteiger partial charge >= 0.3 is 0 Å². The highest BCUT2D eigenvalue weighted by Crippen LogP contribution is 2.59. The first-order chi connectivity index (χ1) is 10.7. The third kappa shape index (κ3) is 1.93. The van der Waals surface area contributed by atoms with Crippen molar-refractivity contribution in [3.8, 4) is 0 Å². The Kier molecular flexibility index (Phi) is 3.41. The predicted octanol–water partition coefficient (Wildman–Crippen LogP) is 3.82. The molecule has 0 saturated heterocycles.